The number of pyridine rings is 1. The first-order valence-electron chi connectivity index (χ1n) is 5.31. The van der Waals surface area contributed by atoms with Crippen LogP contribution in [0.5, 0.6) is 0 Å². The summed E-state index contributed by atoms with van der Waals surface area (Å²) in [5.41, 5.74) is 2.78. The first-order chi connectivity index (χ1) is 7.06. The van der Waals surface area contributed by atoms with Crippen LogP contribution in [0.25, 0.3) is 0 Å². The number of aromatic nitrogens is 1. The van der Waals surface area contributed by atoms with E-state index in [0.717, 1.165) is 11.3 Å². The Balaban J connectivity index is 3.02. The second-order valence-electron chi connectivity index (χ2n) is 3.91. The summed E-state index contributed by atoms with van der Waals surface area (Å²) in [4.78, 5) is 15.8. The first kappa shape index (κ1) is 11.7. The molecule has 1 heterocycles. The summed E-state index contributed by atoms with van der Waals surface area (Å²) in [5.74, 6) is 0.346. The maximum Gasteiger partial charge on any atom is 0.252 e. The van der Waals surface area contributed by atoms with E-state index in [-0.39, 0.29) is 5.91 Å². The highest BCUT2D eigenvalue weighted by Crippen LogP contribution is 2.18. The van der Waals surface area contributed by atoms with Gasteiger partial charge < -0.3 is 5.32 Å². The van der Waals surface area contributed by atoms with Crippen molar-refractivity contribution in [3.63, 3.8) is 0 Å². The molecule has 82 valence electrons. The number of nitrogens with zero attached hydrogens (tertiary/aromatic N) is 1. The van der Waals surface area contributed by atoms with Crippen LogP contribution >= 0.6 is 0 Å². The number of hydrogen-bond donors (Lipinski definition) is 1. The number of carbonyl (C=O) groups is 1. The predicted molar refractivity (Wildman–Crippen MR) is 61.1 cm³/mol. The van der Waals surface area contributed by atoms with E-state index >= 15 is 0 Å². The third-order valence-corrected chi connectivity index (χ3v) is 2.35. The lowest BCUT2D eigenvalue weighted by molar-refractivity contribution is 0.0955. The highest BCUT2D eigenvalue weighted by Gasteiger charge is 2.10. The van der Waals surface area contributed by atoms with E-state index in [9.17, 15) is 4.79 Å². The topological polar surface area (TPSA) is 42.0 Å². The van der Waals surface area contributed by atoms with Gasteiger partial charge in [0.25, 0.3) is 5.91 Å². The Labute approximate surface area is 90.9 Å². The van der Waals surface area contributed by atoms with Gasteiger partial charge in [0.2, 0.25) is 0 Å². The zero-order valence-electron chi connectivity index (χ0n) is 9.79. The molecular formula is C12H18N2O. The minimum atomic E-state index is -0.0492. The summed E-state index contributed by atoms with van der Waals surface area (Å²) in [5, 5.41) is 2.77. The van der Waals surface area contributed by atoms with Gasteiger partial charge in [-0.15, -0.1) is 0 Å². The van der Waals surface area contributed by atoms with Gasteiger partial charge in [0, 0.05) is 18.4 Å². The van der Waals surface area contributed by atoms with Crippen molar-refractivity contribution in [3.05, 3.63) is 29.1 Å². The maximum atomic E-state index is 11.6. The van der Waals surface area contributed by atoms with Gasteiger partial charge in [-0.25, -0.2) is 0 Å². The normalized spacial score (nSPS) is 10.5. The summed E-state index contributed by atoms with van der Waals surface area (Å²) < 4.78 is 0. The minimum absolute atomic E-state index is 0.0492. The van der Waals surface area contributed by atoms with Gasteiger partial charge in [-0.2, -0.15) is 0 Å². The Morgan fingerprint density at radius 2 is 2.20 bits per heavy atom. The number of rotatable bonds is 3. The average molecular weight is 206 g/mol. The van der Waals surface area contributed by atoms with Crippen LogP contribution in [0, 0.1) is 6.92 Å². The third kappa shape index (κ3) is 2.78. The van der Waals surface area contributed by atoms with E-state index in [1.165, 1.54) is 0 Å². The summed E-state index contributed by atoms with van der Waals surface area (Å²) in [6.07, 6.45) is 1.63. The van der Waals surface area contributed by atoms with Crippen LogP contribution in [-0.4, -0.2) is 17.4 Å². The van der Waals surface area contributed by atoms with Crippen LogP contribution in [0.15, 0.2) is 12.3 Å². The fourth-order valence-corrected chi connectivity index (χ4v) is 1.52. The van der Waals surface area contributed by atoms with E-state index in [1.807, 2.05) is 19.9 Å². The predicted octanol–water partition coefficient (Wildman–Crippen LogP) is 2.26. The van der Waals surface area contributed by atoms with Gasteiger partial charge in [0.05, 0.1) is 5.56 Å². The molecule has 3 heteroatoms. The highest BCUT2D eigenvalue weighted by molar-refractivity contribution is 5.94. The SMILES string of the molecule is CCNC(=O)c1cnc(C)c(C(C)C)c1. The quantitative estimate of drug-likeness (QED) is 0.824. The monoisotopic (exact) mass is 206 g/mol. The first-order valence-corrected chi connectivity index (χ1v) is 5.31. The lowest BCUT2D eigenvalue weighted by Gasteiger charge is -2.10. The molecule has 1 aromatic heterocycles. The lowest BCUT2D eigenvalue weighted by Crippen LogP contribution is -2.23. The summed E-state index contributed by atoms with van der Waals surface area (Å²) in [6, 6.07) is 1.93. The second-order valence-corrected chi connectivity index (χ2v) is 3.91. The Kier molecular flexibility index (Phi) is 3.83. The van der Waals surface area contributed by atoms with Crippen LogP contribution < -0.4 is 5.32 Å². The van der Waals surface area contributed by atoms with Crippen molar-refractivity contribution in [3.8, 4) is 0 Å². The van der Waals surface area contributed by atoms with Crippen molar-refractivity contribution in [2.24, 2.45) is 0 Å². The molecule has 0 unspecified atom stereocenters. The van der Waals surface area contributed by atoms with Crippen LogP contribution in [0.2, 0.25) is 0 Å². The molecule has 0 aliphatic rings. The van der Waals surface area contributed by atoms with Crippen molar-refractivity contribution in [1.82, 2.24) is 10.3 Å². The number of hydrogen-bond acceptors (Lipinski definition) is 2. The molecule has 0 aliphatic carbocycles. The lowest BCUT2D eigenvalue weighted by atomic mass is 10.00. The molecule has 0 saturated carbocycles. The Bertz CT molecular complexity index is 359. The van der Waals surface area contributed by atoms with Gasteiger partial charge in [-0.3, -0.25) is 9.78 Å². The van der Waals surface area contributed by atoms with Crippen LogP contribution in [-0.2, 0) is 0 Å². The molecular weight excluding hydrogens is 188 g/mol. The van der Waals surface area contributed by atoms with Crippen LogP contribution in [0.1, 0.15) is 48.3 Å². The molecule has 1 amide bonds. The molecule has 1 aromatic rings. The molecule has 0 fully saturated rings. The standard InChI is InChI=1S/C12H18N2O/c1-5-13-12(15)10-6-11(8(2)3)9(4)14-7-10/h6-8H,5H2,1-4H3,(H,13,15). The summed E-state index contributed by atoms with van der Waals surface area (Å²) in [6.45, 7) is 8.72. The summed E-state index contributed by atoms with van der Waals surface area (Å²) in [7, 11) is 0. The molecule has 3 nitrogen and oxygen atoms in total. The summed E-state index contributed by atoms with van der Waals surface area (Å²) >= 11 is 0. The van der Waals surface area contributed by atoms with Crippen molar-refractivity contribution in [2.75, 3.05) is 6.54 Å². The number of aryl methyl sites for hydroxylation is 1. The van der Waals surface area contributed by atoms with E-state index in [1.54, 1.807) is 6.20 Å². The van der Waals surface area contributed by atoms with Crippen molar-refractivity contribution in [2.45, 2.75) is 33.6 Å². The van der Waals surface area contributed by atoms with E-state index in [2.05, 4.69) is 24.1 Å². The van der Waals surface area contributed by atoms with Crippen LogP contribution in [0.3, 0.4) is 0 Å². The number of carbonyl (C=O) groups excluding carboxylic acids is 1. The fraction of sp³-hybridized carbons (Fsp3) is 0.500. The molecule has 0 bridgehead atoms. The number of amides is 1. The second kappa shape index (κ2) is 4.91. The van der Waals surface area contributed by atoms with Gasteiger partial charge in [-0.1, -0.05) is 13.8 Å². The van der Waals surface area contributed by atoms with Gasteiger partial charge in [0.1, 0.15) is 0 Å². The van der Waals surface area contributed by atoms with Gasteiger partial charge in [-0.05, 0) is 31.4 Å². The van der Waals surface area contributed by atoms with Crippen LogP contribution in [0.4, 0.5) is 0 Å². The maximum absolute atomic E-state index is 11.6. The highest BCUT2D eigenvalue weighted by atomic mass is 16.1. The molecule has 0 spiro atoms. The molecule has 0 radical (unpaired) electrons. The van der Waals surface area contributed by atoms with Crippen molar-refractivity contribution >= 4 is 5.91 Å². The van der Waals surface area contributed by atoms with Gasteiger partial charge >= 0.3 is 0 Å². The molecule has 15 heavy (non-hydrogen) atoms. The smallest absolute Gasteiger partial charge is 0.252 e. The van der Waals surface area contributed by atoms with E-state index < -0.39 is 0 Å². The number of nitrogens with one attached hydrogen (secondary N) is 1. The largest absolute Gasteiger partial charge is 0.352 e. The minimum Gasteiger partial charge on any atom is -0.352 e. The Morgan fingerprint density at radius 1 is 1.53 bits per heavy atom. The molecule has 0 aliphatic heterocycles. The van der Waals surface area contributed by atoms with Crippen molar-refractivity contribution < 1.29 is 4.79 Å². The molecule has 0 aromatic carbocycles. The zero-order valence-corrected chi connectivity index (χ0v) is 9.79. The molecule has 1 rings (SSSR count). The van der Waals surface area contributed by atoms with E-state index in [0.29, 0.717) is 18.0 Å². The van der Waals surface area contributed by atoms with E-state index in [4.69, 9.17) is 0 Å². The Hall–Kier alpha value is -1.38. The molecule has 1 N–H and O–H groups in total. The van der Waals surface area contributed by atoms with Gasteiger partial charge in [0.15, 0.2) is 0 Å². The Morgan fingerprint density at radius 3 is 2.73 bits per heavy atom. The molecule has 0 saturated heterocycles. The molecule has 0 atom stereocenters. The van der Waals surface area contributed by atoms with Crippen molar-refractivity contribution in [1.29, 1.82) is 0 Å². The third-order valence-electron chi connectivity index (χ3n) is 2.35. The average Bonchev–Trinajstić information content (AvgIpc) is 2.18. The fourth-order valence-electron chi connectivity index (χ4n) is 1.52. The zero-order chi connectivity index (χ0) is 11.4.